The number of anilines is 1. The molecule has 120 valence electrons. The van der Waals surface area contributed by atoms with Gasteiger partial charge in [-0.2, -0.15) is 0 Å². The molecule has 0 radical (unpaired) electrons. The molecular weight excluding hydrogens is 334 g/mol. The highest BCUT2D eigenvalue weighted by Gasteiger charge is 2.22. The van der Waals surface area contributed by atoms with Gasteiger partial charge in [-0.05, 0) is 23.9 Å². The van der Waals surface area contributed by atoms with Gasteiger partial charge in [0.05, 0.1) is 12.8 Å². The summed E-state index contributed by atoms with van der Waals surface area (Å²) in [5.41, 5.74) is 1.15. The summed E-state index contributed by atoms with van der Waals surface area (Å²) in [6.07, 6.45) is 0. The number of para-hydroxylation sites is 2. The average molecular weight is 356 g/mol. The lowest BCUT2D eigenvalue weighted by molar-refractivity contribution is 0.386. The second kappa shape index (κ2) is 7.99. The predicted octanol–water partition coefficient (Wildman–Crippen LogP) is 2.68. The molecule has 1 aromatic rings. The Hall–Kier alpha value is -1.05. The highest BCUT2D eigenvalue weighted by atomic mass is 32.2. The first-order chi connectivity index (χ1) is 10.5. The molecule has 0 amide bonds. The van der Waals surface area contributed by atoms with E-state index in [1.54, 1.807) is 7.11 Å². The average Bonchev–Trinajstić information content (AvgIpc) is 2.54. The van der Waals surface area contributed by atoms with Gasteiger partial charge in [0.25, 0.3) is 0 Å². The monoisotopic (exact) mass is 355 g/mol. The molecule has 4 nitrogen and oxygen atoms in total. The van der Waals surface area contributed by atoms with E-state index in [-0.39, 0.29) is 0 Å². The van der Waals surface area contributed by atoms with Crippen LogP contribution in [0.4, 0.5) is 5.69 Å². The van der Waals surface area contributed by atoms with Crippen molar-refractivity contribution in [1.29, 1.82) is 0 Å². The number of hydrogen-bond donors (Lipinski definition) is 0. The molecule has 1 saturated heterocycles. The smallest absolute Gasteiger partial charge is 0.143 e. The van der Waals surface area contributed by atoms with Crippen molar-refractivity contribution in [2.24, 2.45) is 0 Å². The second-order valence-corrected chi connectivity index (χ2v) is 7.44. The van der Waals surface area contributed by atoms with E-state index in [0.29, 0.717) is 0 Å². The molecule has 0 spiro atoms. The Bertz CT molecular complexity index is 543. The van der Waals surface area contributed by atoms with E-state index < -0.39 is 0 Å². The van der Waals surface area contributed by atoms with E-state index in [9.17, 15) is 0 Å². The Balaban J connectivity index is 1.93. The molecule has 1 aliphatic rings. The van der Waals surface area contributed by atoms with Crippen molar-refractivity contribution >= 4 is 50.5 Å². The van der Waals surface area contributed by atoms with Crippen molar-refractivity contribution in [3.63, 3.8) is 0 Å². The van der Waals surface area contributed by atoms with Gasteiger partial charge < -0.3 is 19.4 Å². The maximum Gasteiger partial charge on any atom is 0.143 e. The van der Waals surface area contributed by atoms with Crippen molar-refractivity contribution in [1.82, 2.24) is 9.80 Å². The van der Waals surface area contributed by atoms with Crippen LogP contribution in [0.15, 0.2) is 24.3 Å². The molecule has 0 bridgehead atoms. The normalized spacial score (nSPS) is 14.7. The van der Waals surface area contributed by atoms with Crippen molar-refractivity contribution in [2.75, 3.05) is 52.3 Å². The molecule has 0 saturated carbocycles. The highest BCUT2D eigenvalue weighted by molar-refractivity contribution is 8.37. The zero-order valence-corrected chi connectivity index (χ0v) is 15.6. The highest BCUT2D eigenvalue weighted by Crippen LogP contribution is 2.28. The van der Waals surface area contributed by atoms with Gasteiger partial charge in [0.2, 0.25) is 0 Å². The molecule has 1 aliphatic heterocycles. The molecule has 0 aromatic heterocycles. The SMILES string of the molecule is COc1ccccc1N1CCN(C(=S)SC(=S)N(C)C)CC1. The fourth-order valence-corrected chi connectivity index (χ4v) is 3.71. The maximum absolute atomic E-state index is 5.50. The van der Waals surface area contributed by atoms with E-state index in [1.807, 2.05) is 37.2 Å². The van der Waals surface area contributed by atoms with Crippen molar-refractivity contribution < 1.29 is 4.74 Å². The summed E-state index contributed by atoms with van der Waals surface area (Å²) < 4.78 is 7.11. The van der Waals surface area contributed by atoms with Crippen molar-refractivity contribution in [2.45, 2.75) is 0 Å². The van der Waals surface area contributed by atoms with E-state index in [0.717, 1.165) is 46.3 Å². The van der Waals surface area contributed by atoms with E-state index in [4.69, 9.17) is 29.2 Å². The van der Waals surface area contributed by atoms with Crippen LogP contribution in [-0.2, 0) is 0 Å². The molecule has 0 N–H and O–H groups in total. The Morgan fingerprint density at radius 2 is 1.77 bits per heavy atom. The number of benzene rings is 1. The number of piperazine rings is 1. The largest absolute Gasteiger partial charge is 0.495 e. The fourth-order valence-electron chi connectivity index (χ4n) is 2.25. The van der Waals surface area contributed by atoms with Gasteiger partial charge in [-0.1, -0.05) is 36.6 Å². The Kier molecular flexibility index (Phi) is 6.28. The standard InChI is InChI=1S/C15H21N3OS3/c1-16(2)14(20)22-15(21)18-10-8-17(9-11-18)12-6-4-5-7-13(12)19-3/h4-7H,8-11H2,1-3H3. The molecule has 0 aliphatic carbocycles. The Morgan fingerprint density at radius 1 is 1.14 bits per heavy atom. The lowest BCUT2D eigenvalue weighted by atomic mass is 10.2. The molecule has 2 rings (SSSR count). The van der Waals surface area contributed by atoms with Crippen molar-refractivity contribution in [3.8, 4) is 5.75 Å². The number of rotatable bonds is 2. The molecule has 0 atom stereocenters. The van der Waals surface area contributed by atoms with Gasteiger partial charge in [0, 0.05) is 40.3 Å². The molecule has 22 heavy (non-hydrogen) atoms. The summed E-state index contributed by atoms with van der Waals surface area (Å²) in [5.74, 6) is 0.918. The van der Waals surface area contributed by atoms with Gasteiger partial charge in [0.1, 0.15) is 14.4 Å². The topological polar surface area (TPSA) is 19.0 Å². The van der Waals surface area contributed by atoms with Crippen LogP contribution in [0.1, 0.15) is 0 Å². The molecule has 1 fully saturated rings. The maximum atomic E-state index is 5.50. The molecule has 0 unspecified atom stereocenters. The van der Waals surface area contributed by atoms with Crippen LogP contribution in [0.25, 0.3) is 0 Å². The zero-order chi connectivity index (χ0) is 16.1. The minimum Gasteiger partial charge on any atom is -0.495 e. The van der Waals surface area contributed by atoms with Crippen LogP contribution in [0.5, 0.6) is 5.75 Å². The number of thiocarbonyl (C=S) groups is 2. The van der Waals surface area contributed by atoms with Gasteiger partial charge in [0.15, 0.2) is 0 Å². The third kappa shape index (κ3) is 4.24. The third-order valence-corrected chi connectivity index (χ3v) is 5.60. The summed E-state index contributed by atoms with van der Waals surface area (Å²) in [7, 11) is 5.60. The summed E-state index contributed by atoms with van der Waals surface area (Å²) in [4.78, 5) is 6.48. The summed E-state index contributed by atoms with van der Waals surface area (Å²) in [6, 6.07) is 8.13. The predicted molar refractivity (Wildman–Crippen MR) is 103 cm³/mol. The van der Waals surface area contributed by atoms with Gasteiger partial charge in [-0.15, -0.1) is 0 Å². The lowest BCUT2D eigenvalue weighted by Gasteiger charge is -2.37. The molecule has 7 heteroatoms. The van der Waals surface area contributed by atoms with Gasteiger partial charge in [-0.3, -0.25) is 0 Å². The number of thioether (sulfide) groups is 1. The van der Waals surface area contributed by atoms with Crippen LogP contribution in [-0.4, -0.2) is 65.8 Å². The molecule has 1 aromatic carbocycles. The first kappa shape index (κ1) is 17.3. The number of methoxy groups -OCH3 is 1. The van der Waals surface area contributed by atoms with Gasteiger partial charge in [-0.25, -0.2) is 0 Å². The Morgan fingerprint density at radius 3 is 2.36 bits per heavy atom. The number of hydrogen-bond acceptors (Lipinski definition) is 5. The van der Waals surface area contributed by atoms with E-state index >= 15 is 0 Å². The summed E-state index contributed by atoms with van der Waals surface area (Å²) in [5, 5.41) is 0. The van der Waals surface area contributed by atoms with Crippen LogP contribution in [0.2, 0.25) is 0 Å². The lowest BCUT2D eigenvalue weighted by Crippen LogP contribution is -2.48. The molecular formula is C15H21N3OS3. The Labute approximate surface area is 147 Å². The third-order valence-electron chi connectivity index (χ3n) is 3.50. The number of nitrogens with zero attached hydrogens (tertiary/aromatic N) is 3. The minimum atomic E-state index is 0.803. The van der Waals surface area contributed by atoms with Crippen molar-refractivity contribution in [3.05, 3.63) is 24.3 Å². The quantitative estimate of drug-likeness (QED) is 0.750. The molecule has 1 heterocycles. The van der Waals surface area contributed by atoms with E-state index in [1.165, 1.54) is 11.8 Å². The number of ether oxygens (including phenoxy) is 1. The second-order valence-electron chi connectivity index (χ2n) is 5.17. The van der Waals surface area contributed by atoms with Crippen LogP contribution >= 0.6 is 36.2 Å². The fraction of sp³-hybridized carbons (Fsp3) is 0.467. The van der Waals surface area contributed by atoms with Gasteiger partial charge >= 0.3 is 0 Å². The first-order valence-electron chi connectivity index (χ1n) is 7.09. The summed E-state index contributed by atoms with van der Waals surface area (Å²) >= 11 is 12.3. The van der Waals surface area contributed by atoms with Crippen LogP contribution < -0.4 is 9.64 Å². The summed E-state index contributed by atoms with van der Waals surface area (Å²) in [6.45, 7) is 3.66. The minimum absolute atomic E-state index is 0.803. The van der Waals surface area contributed by atoms with E-state index in [2.05, 4.69) is 15.9 Å². The first-order valence-corrected chi connectivity index (χ1v) is 8.72. The zero-order valence-electron chi connectivity index (χ0n) is 13.1. The van der Waals surface area contributed by atoms with Crippen LogP contribution in [0, 0.1) is 0 Å². The van der Waals surface area contributed by atoms with Crippen LogP contribution in [0.3, 0.4) is 0 Å².